The van der Waals surface area contributed by atoms with Gasteiger partial charge in [-0.1, -0.05) is 54.8 Å². The van der Waals surface area contributed by atoms with Crippen LogP contribution in [0.2, 0.25) is 5.02 Å². The highest BCUT2D eigenvalue weighted by molar-refractivity contribution is 8.00. The fourth-order valence-corrected chi connectivity index (χ4v) is 5.14. The number of carbonyl (C=O) groups excluding carboxylic acids is 1. The number of rotatable bonds is 7. The molecule has 1 aromatic heterocycles. The second-order valence-electron chi connectivity index (χ2n) is 8.32. The van der Waals surface area contributed by atoms with Gasteiger partial charge in [0.25, 0.3) is 0 Å². The second kappa shape index (κ2) is 10.5. The molecule has 176 valence electrons. The first-order chi connectivity index (χ1) is 16.5. The molecule has 1 heterocycles. The van der Waals surface area contributed by atoms with E-state index in [-0.39, 0.29) is 5.91 Å². The number of hydrogen-bond acceptors (Lipinski definition) is 6. The Labute approximate surface area is 208 Å². The molecule has 1 saturated carbocycles. The maximum absolute atomic E-state index is 13.1. The molecule has 0 spiro atoms. The largest absolute Gasteiger partial charge is 0.496 e. The Morgan fingerprint density at radius 3 is 2.56 bits per heavy atom. The number of para-hydroxylation sites is 1. The van der Waals surface area contributed by atoms with E-state index in [0.29, 0.717) is 34.6 Å². The summed E-state index contributed by atoms with van der Waals surface area (Å²) in [6.45, 7) is 1.82. The fraction of sp³-hybridized carbons (Fsp3) is 0.360. The van der Waals surface area contributed by atoms with Crippen LogP contribution in [0.5, 0.6) is 5.75 Å². The number of amides is 1. The van der Waals surface area contributed by atoms with Gasteiger partial charge >= 0.3 is 0 Å². The molecule has 2 aromatic carbocycles. The minimum atomic E-state index is -0.781. The molecule has 1 atom stereocenters. The van der Waals surface area contributed by atoms with Crippen LogP contribution in [-0.2, 0) is 4.79 Å². The van der Waals surface area contributed by atoms with E-state index >= 15 is 0 Å². The van der Waals surface area contributed by atoms with Crippen molar-refractivity contribution in [2.45, 2.75) is 55.0 Å². The van der Waals surface area contributed by atoms with Gasteiger partial charge in [-0.25, -0.2) is 0 Å². The third-order valence-electron chi connectivity index (χ3n) is 6.00. The minimum absolute atomic E-state index is 0.182. The van der Waals surface area contributed by atoms with E-state index in [1.807, 2.05) is 47.9 Å². The van der Waals surface area contributed by atoms with Crippen LogP contribution in [0.1, 0.15) is 39.0 Å². The Bertz CT molecular complexity index is 1200. The standard InChI is InChI=1S/C25H26ClN5O2S/c1-17(23(32)28-25(16-27)14-6-3-7-15-25)34-24-30-29-22(20-8-4-5-9-21(20)33-2)31(24)19-12-10-18(26)11-13-19/h4-5,8-13,17H,3,6-7,14-15H2,1-2H3,(H,28,32). The molecular formula is C25H26ClN5O2S. The summed E-state index contributed by atoms with van der Waals surface area (Å²) in [5, 5.41) is 22.3. The van der Waals surface area contributed by atoms with Crippen LogP contribution in [0.25, 0.3) is 17.1 Å². The number of nitriles is 1. The summed E-state index contributed by atoms with van der Waals surface area (Å²) < 4.78 is 7.43. The van der Waals surface area contributed by atoms with Crippen LogP contribution in [0, 0.1) is 11.3 Å². The third-order valence-corrected chi connectivity index (χ3v) is 7.30. The lowest BCUT2D eigenvalue weighted by molar-refractivity contribution is -0.121. The van der Waals surface area contributed by atoms with E-state index in [1.165, 1.54) is 11.8 Å². The van der Waals surface area contributed by atoms with E-state index < -0.39 is 10.8 Å². The summed E-state index contributed by atoms with van der Waals surface area (Å²) in [7, 11) is 1.61. The molecule has 1 unspecified atom stereocenters. The first-order valence-corrected chi connectivity index (χ1v) is 12.5. The summed E-state index contributed by atoms with van der Waals surface area (Å²) in [5.74, 6) is 1.08. The third kappa shape index (κ3) is 5.06. The van der Waals surface area contributed by atoms with Crippen molar-refractivity contribution in [3.8, 4) is 28.9 Å². The number of benzene rings is 2. The van der Waals surface area contributed by atoms with Gasteiger partial charge in [-0.15, -0.1) is 10.2 Å². The molecular weight excluding hydrogens is 470 g/mol. The van der Waals surface area contributed by atoms with Crippen molar-refractivity contribution < 1.29 is 9.53 Å². The van der Waals surface area contributed by atoms with E-state index in [0.717, 1.165) is 30.5 Å². The van der Waals surface area contributed by atoms with Gasteiger partial charge in [0.1, 0.15) is 11.3 Å². The molecule has 1 aliphatic rings. The van der Waals surface area contributed by atoms with Gasteiger partial charge in [0, 0.05) is 10.7 Å². The Balaban J connectivity index is 1.66. The number of methoxy groups -OCH3 is 1. The minimum Gasteiger partial charge on any atom is -0.496 e. The molecule has 3 aromatic rings. The number of nitrogens with zero attached hydrogens (tertiary/aromatic N) is 4. The van der Waals surface area contributed by atoms with Crippen LogP contribution < -0.4 is 10.1 Å². The van der Waals surface area contributed by atoms with Gasteiger partial charge in [-0.2, -0.15) is 5.26 Å². The summed E-state index contributed by atoms with van der Waals surface area (Å²) in [6.07, 6.45) is 4.36. The Morgan fingerprint density at radius 1 is 1.18 bits per heavy atom. The SMILES string of the molecule is COc1ccccc1-c1nnc(SC(C)C(=O)NC2(C#N)CCCCC2)n1-c1ccc(Cl)cc1. The van der Waals surface area contributed by atoms with E-state index in [4.69, 9.17) is 16.3 Å². The molecule has 0 radical (unpaired) electrons. The number of halogens is 1. The number of hydrogen-bond donors (Lipinski definition) is 1. The van der Waals surface area contributed by atoms with E-state index in [9.17, 15) is 10.1 Å². The normalized spacial score (nSPS) is 15.8. The van der Waals surface area contributed by atoms with Crippen molar-refractivity contribution in [1.82, 2.24) is 20.1 Å². The average Bonchev–Trinajstić information content (AvgIpc) is 3.28. The predicted molar refractivity (Wildman–Crippen MR) is 133 cm³/mol. The highest BCUT2D eigenvalue weighted by atomic mass is 35.5. The first kappa shape index (κ1) is 24.1. The molecule has 34 heavy (non-hydrogen) atoms. The van der Waals surface area contributed by atoms with Crippen molar-refractivity contribution >= 4 is 29.3 Å². The highest BCUT2D eigenvalue weighted by Gasteiger charge is 2.35. The van der Waals surface area contributed by atoms with Crippen molar-refractivity contribution in [1.29, 1.82) is 5.26 Å². The number of thioether (sulfide) groups is 1. The molecule has 7 nitrogen and oxygen atoms in total. The molecule has 0 saturated heterocycles. The Kier molecular flexibility index (Phi) is 7.44. The number of ether oxygens (including phenoxy) is 1. The second-order valence-corrected chi connectivity index (χ2v) is 10.1. The van der Waals surface area contributed by atoms with E-state index in [2.05, 4.69) is 21.6 Å². The zero-order chi connectivity index (χ0) is 24.1. The zero-order valence-electron chi connectivity index (χ0n) is 19.1. The van der Waals surface area contributed by atoms with Crippen LogP contribution in [0.15, 0.2) is 53.7 Å². The molecule has 0 aliphatic heterocycles. The summed E-state index contributed by atoms with van der Waals surface area (Å²) >= 11 is 7.42. The van der Waals surface area contributed by atoms with Crippen molar-refractivity contribution in [3.63, 3.8) is 0 Å². The molecule has 1 amide bonds. The molecule has 4 rings (SSSR count). The van der Waals surface area contributed by atoms with Crippen LogP contribution in [0.3, 0.4) is 0 Å². The lowest BCUT2D eigenvalue weighted by atomic mass is 9.83. The number of nitrogens with one attached hydrogen (secondary N) is 1. The Hall–Kier alpha value is -3.02. The molecule has 0 bridgehead atoms. The fourth-order valence-electron chi connectivity index (χ4n) is 4.14. The van der Waals surface area contributed by atoms with Crippen LogP contribution in [0.4, 0.5) is 0 Å². The van der Waals surface area contributed by atoms with Crippen LogP contribution in [-0.4, -0.2) is 38.6 Å². The quantitative estimate of drug-likeness (QED) is 0.440. The maximum atomic E-state index is 13.1. The first-order valence-electron chi connectivity index (χ1n) is 11.2. The smallest absolute Gasteiger partial charge is 0.234 e. The van der Waals surface area contributed by atoms with Crippen LogP contribution >= 0.6 is 23.4 Å². The van der Waals surface area contributed by atoms with Gasteiger partial charge in [0.15, 0.2) is 11.0 Å². The summed E-state index contributed by atoms with van der Waals surface area (Å²) in [4.78, 5) is 13.1. The zero-order valence-corrected chi connectivity index (χ0v) is 20.7. The van der Waals surface area contributed by atoms with Crippen molar-refractivity contribution in [2.75, 3.05) is 7.11 Å². The average molecular weight is 496 g/mol. The van der Waals surface area contributed by atoms with Crippen molar-refractivity contribution in [2.24, 2.45) is 0 Å². The van der Waals surface area contributed by atoms with Gasteiger partial charge < -0.3 is 10.1 Å². The van der Waals surface area contributed by atoms with Crippen molar-refractivity contribution in [3.05, 3.63) is 53.6 Å². The van der Waals surface area contributed by atoms with Gasteiger partial charge in [0.2, 0.25) is 5.91 Å². The molecule has 1 N–H and O–H groups in total. The van der Waals surface area contributed by atoms with Gasteiger partial charge in [0.05, 0.1) is 24.0 Å². The van der Waals surface area contributed by atoms with Gasteiger partial charge in [-0.3, -0.25) is 9.36 Å². The number of carbonyl (C=O) groups is 1. The number of aromatic nitrogens is 3. The van der Waals surface area contributed by atoms with Gasteiger partial charge in [-0.05, 0) is 56.2 Å². The summed E-state index contributed by atoms with van der Waals surface area (Å²) in [5.41, 5.74) is 0.810. The lowest BCUT2D eigenvalue weighted by Gasteiger charge is -2.32. The summed E-state index contributed by atoms with van der Waals surface area (Å²) in [6, 6.07) is 17.3. The predicted octanol–water partition coefficient (Wildman–Crippen LogP) is 5.42. The molecule has 1 aliphatic carbocycles. The topological polar surface area (TPSA) is 92.8 Å². The monoisotopic (exact) mass is 495 g/mol. The van der Waals surface area contributed by atoms with E-state index in [1.54, 1.807) is 19.2 Å². The molecule has 9 heteroatoms. The highest BCUT2D eigenvalue weighted by Crippen LogP contribution is 2.35. The lowest BCUT2D eigenvalue weighted by Crippen LogP contribution is -2.50. The Morgan fingerprint density at radius 2 is 1.88 bits per heavy atom. The maximum Gasteiger partial charge on any atom is 0.234 e. The molecule has 1 fully saturated rings.